The Hall–Kier alpha value is -3.03. The molecule has 1 unspecified atom stereocenters. The number of fused-ring (bicyclic) bond motifs is 1. The molecular formula is C21H26N6O2. The Morgan fingerprint density at radius 3 is 2.72 bits per heavy atom. The fourth-order valence-electron chi connectivity index (χ4n) is 3.88. The molecule has 2 aromatic rings. The maximum absolute atomic E-state index is 12.6. The Morgan fingerprint density at radius 2 is 1.93 bits per heavy atom. The number of nitrogens with one attached hydrogen (secondary N) is 1. The molecule has 0 saturated heterocycles. The summed E-state index contributed by atoms with van der Waals surface area (Å²) in [4.78, 5) is 24.1. The second-order valence-corrected chi connectivity index (χ2v) is 7.63. The number of amides is 2. The summed E-state index contributed by atoms with van der Waals surface area (Å²) in [7, 11) is 1.59. The number of aryl methyl sites for hydroxylation is 3. The molecule has 152 valence electrons. The van der Waals surface area contributed by atoms with Crippen LogP contribution in [0.2, 0.25) is 0 Å². The van der Waals surface area contributed by atoms with Crippen molar-refractivity contribution in [2.24, 2.45) is 5.10 Å². The van der Waals surface area contributed by atoms with Crippen molar-refractivity contribution in [3.63, 3.8) is 0 Å². The lowest BCUT2D eigenvalue weighted by Crippen LogP contribution is -2.42. The van der Waals surface area contributed by atoms with Crippen LogP contribution in [0.3, 0.4) is 0 Å². The van der Waals surface area contributed by atoms with Gasteiger partial charge in [0.2, 0.25) is 5.91 Å². The number of benzene rings is 1. The van der Waals surface area contributed by atoms with Gasteiger partial charge in [-0.3, -0.25) is 9.59 Å². The quantitative estimate of drug-likeness (QED) is 0.832. The topological polar surface area (TPSA) is 92.5 Å². The first-order valence-corrected chi connectivity index (χ1v) is 10.2. The van der Waals surface area contributed by atoms with Crippen molar-refractivity contribution in [2.75, 3.05) is 7.05 Å². The standard InChI is InChI=1S/C21H26N6O2/c1-26-20(28)12-9-17(25-26)21(29)22-16-8-11-19-24-23-18(27(19)14-13-16)10-7-15-5-3-2-4-6-15/h2-6,16H,7-14H2,1H3,(H,22,29). The van der Waals surface area contributed by atoms with E-state index in [4.69, 9.17) is 0 Å². The smallest absolute Gasteiger partial charge is 0.267 e. The Kier molecular flexibility index (Phi) is 5.69. The van der Waals surface area contributed by atoms with Gasteiger partial charge in [-0.15, -0.1) is 10.2 Å². The van der Waals surface area contributed by atoms with Gasteiger partial charge in [-0.05, 0) is 24.8 Å². The highest BCUT2D eigenvalue weighted by atomic mass is 16.2. The van der Waals surface area contributed by atoms with Gasteiger partial charge in [0.15, 0.2) is 0 Å². The molecule has 0 fully saturated rings. The van der Waals surface area contributed by atoms with Crippen LogP contribution in [0.15, 0.2) is 35.4 Å². The Bertz CT molecular complexity index is 921. The lowest BCUT2D eigenvalue weighted by molar-refractivity contribution is -0.130. The van der Waals surface area contributed by atoms with Gasteiger partial charge in [-0.25, -0.2) is 5.01 Å². The van der Waals surface area contributed by atoms with E-state index >= 15 is 0 Å². The van der Waals surface area contributed by atoms with Crippen molar-refractivity contribution in [1.82, 2.24) is 25.1 Å². The zero-order valence-electron chi connectivity index (χ0n) is 16.7. The molecule has 0 bridgehead atoms. The molecule has 8 heteroatoms. The van der Waals surface area contributed by atoms with Crippen LogP contribution in [-0.2, 0) is 35.4 Å². The second-order valence-electron chi connectivity index (χ2n) is 7.63. The van der Waals surface area contributed by atoms with Gasteiger partial charge >= 0.3 is 0 Å². The predicted molar refractivity (Wildman–Crippen MR) is 108 cm³/mol. The highest BCUT2D eigenvalue weighted by Crippen LogP contribution is 2.17. The van der Waals surface area contributed by atoms with Crippen molar-refractivity contribution < 1.29 is 9.59 Å². The van der Waals surface area contributed by atoms with Crippen LogP contribution in [0.5, 0.6) is 0 Å². The first kappa shape index (κ1) is 19.3. The van der Waals surface area contributed by atoms with Gasteiger partial charge in [0.05, 0.1) is 0 Å². The van der Waals surface area contributed by atoms with Crippen LogP contribution >= 0.6 is 0 Å². The average Bonchev–Trinajstić information content (AvgIpc) is 3.01. The molecule has 1 aromatic heterocycles. The molecule has 2 amide bonds. The van der Waals surface area contributed by atoms with Gasteiger partial charge in [0.1, 0.15) is 17.4 Å². The summed E-state index contributed by atoms with van der Waals surface area (Å²) in [5.74, 6) is 1.77. The Labute approximate surface area is 170 Å². The third-order valence-corrected chi connectivity index (χ3v) is 5.61. The summed E-state index contributed by atoms with van der Waals surface area (Å²) in [5, 5.41) is 17.2. The second kappa shape index (κ2) is 8.55. The molecule has 1 aromatic carbocycles. The highest BCUT2D eigenvalue weighted by molar-refractivity contribution is 6.39. The van der Waals surface area contributed by atoms with E-state index in [1.165, 1.54) is 10.6 Å². The zero-order chi connectivity index (χ0) is 20.2. The maximum atomic E-state index is 12.6. The van der Waals surface area contributed by atoms with E-state index in [9.17, 15) is 9.59 Å². The van der Waals surface area contributed by atoms with Gasteiger partial charge in [0.25, 0.3) is 5.91 Å². The van der Waals surface area contributed by atoms with Crippen LogP contribution in [0.4, 0.5) is 0 Å². The zero-order valence-corrected chi connectivity index (χ0v) is 16.7. The minimum Gasteiger partial charge on any atom is -0.348 e. The lowest BCUT2D eigenvalue weighted by Gasteiger charge is -2.21. The summed E-state index contributed by atoms with van der Waals surface area (Å²) in [6.07, 6.45) is 4.96. The Morgan fingerprint density at radius 1 is 1.10 bits per heavy atom. The molecule has 1 atom stereocenters. The number of carbonyl (C=O) groups excluding carboxylic acids is 2. The van der Waals surface area contributed by atoms with Crippen LogP contribution in [0, 0.1) is 0 Å². The van der Waals surface area contributed by atoms with Crippen molar-refractivity contribution >= 4 is 17.5 Å². The highest BCUT2D eigenvalue weighted by Gasteiger charge is 2.26. The van der Waals surface area contributed by atoms with Crippen LogP contribution in [-0.4, -0.2) is 50.4 Å². The van der Waals surface area contributed by atoms with E-state index in [1.54, 1.807) is 7.05 Å². The number of carbonyl (C=O) groups is 2. The summed E-state index contributed by atoms with van der Waals surface area (Å²) in [5.41, 5.74) is 1.72. The SMILES string of the molecule is CN1N=C(C(=O)NC2CCc3nnc(CCc4ccccc4)n3CC2)CCC1=O. The summed E-state index contributed by atoms with van der Waals surface area (Å²) >= 11 is 0. The monoisotopic (exact) mass is 394 g/mol. The minimum absolute atomic E-state index is 0.0584. The number of rotatable bonds is 5. The molecule has 3 heterocycles. The third-order valence-electron chi connectivity index (χ3n) is 5.61. The molecule has 4 rings (SSSR count). The number of hydrazone groups is 1. The number of nitrogens with zero attached hydrogens (tertiary/aromatic N) is 5. The van der Waals surface area contributed by atoms with E-state index in [2.05, 4.69) is 49.4 Å². The van der Waals surface area contributed by atoms with E-state index in [-0.39, 0.29) is 17.9 Å². The summed E-state index contributed by atoms with van der Waals surface area (Å²) < 4.78 is 2.21. The van der Waals surface area contributed by atoms with Gasteiger partial charge in [0, 0.05) is 45.3 Å². The number of aromatic nitrogens is 3. The molecule has 2 aliphatic rings. The number of hydrogen-bond donors (Lipinski definition) is 1. The van der Waals surface area contributed by atoms with E-state index < -0.39 is 0 Å². The largest absolute Gasteiger partial charge is 0.348 e. The maximum Gasteiger partial charge on any atom is 0.267 e. The Balaban J connectivity index is 1.35. The first-order valence-electron chi connectivity index (χ1n) is 10.2. The normalized spacial score (nSPS) is 19.3. The number of hydrogen-bond acceptors (Lipinski definition) is 5. The van der Waals surface area contributed by atoms with Gasteiger partial charge in [-0.2, -0.15) is 5.10 Å². The van der Waals surface area contributed by atoms with Crippen LogP contribution < -0.4 is 5.32 Å². The van der Waals surface area contributed by atoms with Crippen molar-refractivity contribution in [1.29, 1.82) is 0 Å². The first-order chi connectivity index (χ1) is 14.1. The molecule has 2 aliphatic heterocycles. The molecule has 0 radical (unpaired) electrons. The van der Waals surface area contributed by atoms with E-state index in [0.29, 0.717) is 18.6 Å². The van der Waals surface area contributed by atoms with Crippen molar-refractivity contribution in [3.8, 4) is 0 Å². The fraction of sp³-hybridized carbons (Fsp3) is 0.476. The molecule has 8 nitrogen and oxygen atoms in total. The van der Waals surface area contributed by atoms with Crippen molar-refractivity contribution in [2.45, 2.75) is 57.5 Å². The van der Waals surface area contributed by atoms with Crippen LogP contribution in [0.1, 0.15) is 42.9 Å². The van der Waals surface area contributed by atoms with Gasteiger partial charge in [-0.1, -0.05) is 30.3 Å². The van der Waals surface area contributed by atoms with Crippen molar-refractivity contribution in [3.05, 3.63) is 47.5 Å². The molecule has 29 heavy (non-hydrogen) atoms. The van der Waals surface area contributed by atoms with Gasteiger partial charge < -0.3 is 9.88 Å². The minimum atomic E-state index is -0.170. The van der Waals surface area contributed by atoms with E-state index in [0.717, 1.165) is 50.3 Å². The average molecular weight is 394 g/mol. The summed E-state index contributed by atoms with van der Waals surface area (Å²) in [6.45, 7) is 0.794. The summed E-state index contributed by atoms with van der Waals surface area (Å²) in [6, 6.07) is 10.5. The molecule has 0 aliphatic carbocycles. The van der Waals surface area contributed by atoms with Crippen LogP contribution in [0.25, 0.3) is 0 Å². The van der Waals surface area contributed by atoms with E-state index in [1.807, 2.05) is 6.07 Å². The third kappa shape index (κ3) is 4.52. The predicted octanol–water partition coefficient (Wildman–Crippen LogP) is 1.49. The molecule has 0 spiro atoms. The fourth-order valence-corrected chi connectivity index (χ4v) is 3.88. The molecular weight excluding hydrogens is 368 g/mol. The lowest BCUT2D eigenvalue weighted by atomic mass is 10.1. The molecule has 0 saturated carbocycles. The molecule has 1 N–H and O–H groups in total.